The fraction of sp³-hybridized carbons (Fsp3) is 0.250. The first-order valence-electron chi connectivity index (χ1n) is 10.5. The third kappa shape index (κ3) is 4.72. The van der Waals surface area contributed by atoms with Crippen molar-refractivity contribution in [2.24, 2.45) is 7.05 Å². The first-order chi connectivity index (χ1) is 15.8. The number of aliphatic carboxylic acids is 1. The van der Waals surface area contributed by atoms with Crippen LogP contribution in [0, 0.1) is 0 Å². The summed E-state index contributed by atoms with van der Waals surface area (Å²) in [5, 5.41) is 18.1. The molecule has 0 fully saturated rings. The summed E-state index contributed by atoms with van der Waals surface area (Å²) >= 11 is 0. The number of benzene rings is 2. The molecule has 1 aromatic heterocycles. The number of carbonyl (C=O) groups excluding carboxylic acids is 2. The number of rotatable bonds is 7. The Morgan fingerprint density at radius 1 is 1.09 bits per heavy atom. The number of fused-ring (bicyclic) bond motifs is 3. The van der Waals surface area contributed by atoms with Crippen molar-refractivity contribution in [3.05, 3.63) is 71.5 Å². The Hall–Kier alpha value is -4.14. The van der Waals surface area contributed by atoms with Crippen molar-refractivity contribution in [3.63, 3.8) is 0 Å². The summed E-state index contributed by atoms with van der Waals surface area (Å²) in [5.74, 6) is -1.70. The molecule has 2 amide bonds. The highest BCUT2D eigenvalue weighted by Gasteiger charge is 2.29. The first kappa shape index (κ1) is 22.1. The fourth-order valence-electron chi connectivity index (χ4n) is 4.10. The number of aromatic nitrogens is 2. The number of hydrogen-bond acceptors (Lipinski definition) is 5. The van der Waals surface area contributed by atoms with Crippen molar-refractivity contribution in [1.29, 1.82) is 0 Å². The van der Waals surface area contributed by atoms with Gasteiger partial charge in [-0.2, -0.15) is 5.10 Å². The SMILES string of the molecule is C[C@H](CC(=O)O)NC(=O)c1nn(C)cc1NC(=O)OCC1c2ccccc2-c2ccccc21. The molecule has 170 valence electrons. The van der Waals surface area contributed by atoms with Crippen LogP contribution in [0.1, 0.15) is 40.9 Å². The quantitative estimate of drug-likeness (QED) is 0.509. The molecule has 4 rings (SSSR count). The van der Waals surface area contributed by atoms with E-state index in [2.05, 4.69) is 27.9 Å². The van der Waals surface area contributed by atoms with Crippen molar-refractivity contribution < 1.29 is 24.2 Å². The number of carbonyl (C=O) groups is 3. The van der Waals surface area contributed by atoms with Crippen LogP contribution in [0.15, 0.2) is 54.7 Å². The van der Waals surface area contributed by atoms with Crippen molar-refractivity contribution in [1.82, 2.24) is 15.1 Å². The number of carboxylic acid groups (broad SMARTS) is 1. The van der Waals surface area contributed by atoms with Crippen LogP contribution < -0.4 is 10.6 Å². The summed E-state index contributed by atoms with van der Waals surface area (Å²) in [7, 11) is 1.61. The third-order valence-corrected chi connectivity index (χ3v) is 5.48. The maximum Gasteiger partial charge on any atom is 0.411 e. The van der Waals surface area contributed by atoms with E-state index < -0.39 is 24.0 Å². The van der Waals surface area contributed by atoms with E-state index in [0.29, 0.717) is 0 Å². The van der Waals surface area contributed by atoms with Gasteiger partial charge in [0, 0.05) is 25.2 Å². The highest BCUT2D eigenvalue weighted by molar-refractivity contribution is 6.01. The van der Waals surface area contributed by atoms with Crippen LogP contribution in [-0.2, 0) is 16.6 Å². The number of nitrogens with zero attached hydrogens (tertiary/aromatic N) is 2. The predicted octanol–water partition coefficient (Wildman–Crippen LogP) is 3.37. The fourth-order valence-corrected chi connectivity index (χ4v) is 4.10. The second kappa shape index (κ2) is 9.15. The Labute approximate surface area is 190 Å². The van der Waals surface area contributed by atoms with Gasteiger partial charge in [-0.3, -0.25) is 19.6 Å². The Kier molecular flexibility index (Phi) is 6.12. The summed E-state index contributed by atoms with van der Waals surface area (Å²) in [6.07, 6.45) is 0.545. The van der Waals surface area contributed by atoms with E-state index in [1.54, 1.807) is 14.0 Å². The molecule has 0 aliphatic heterocycles. The van der Waals surface area contributed by atoms with Gasteiger partial charge in [0.1, 0.15) is 6.61 Å². The Balaban J connectivity index is 1.43. The van der Waals surface area contributed by atoms with E-state index in [1.165, 1.54) is 10.9 Å². The van der Waals surface area contributed by atoms with E-state index in [1.807, 2.05) is 36.4 Å². The molecule has 0 bridgehead atoms. The number of ether oxygens (including phenoxy) is 1. The summed E-state index contributed by atoms with van der Waals surface area (Å²) in [6, 6.07) is 15.5. The molecule has 3 N–H and O–H groups in total. The Morgan fingerprint density at radius 2 is 1.70 bits per heavy atom. The van der Waals surface area contributed by atoms with Crippen LogP contribution in [0.4, 0.5) is 10.5 Å². The second-order valence-electron chi connectivity index (χ2n) is 7.99. The van der Waals surface area contributed by atoms with E-state index in [9.17, 15) is 14.4 Å². The van der Waals surface area contributed by atoms with Gasteiger partial charge in [-0.1, -0.05) is 48.5 Å². The molecule has 33 heavy (non-hydrogen) atoms. The Bertz CT molecular complexity index is 1170. The van der Waals surface area contributed by atoms with Crippen molar-refractivity contribution >= 4 is 23.7 Å². The number of hydrogen-bond donors (Lipinski definition) is 3. The van der Waals surface area contributed by atoms with Crippen molar-refractivity contribution in [2.75, 3.05) is 11.9 Å². The summed E-state index contributed by atoms with van der Waals surface area (Å²) < 4.78 is 6.91. The molecule has 1 atom stereocenters. The lowest BCUT2D eigenvalue weighted by molar-refractivity contribution is -0.137. The monoisotopic (exact) mass is 448 g/mol. The molecule has 0 radical (unpaired) electrons. The van der Waals surface area contributed by atoms with Gasteiger partial charge in [-0.25, -0.2) is 4.79 Å². The van der Waals surface area contributed by atoms with Gasteiger partial charge in [0.25, 0.3) is 5.91 Å². The smallest absolute Gasteiger partial charge is 0.411 e. The molecular weight excluding hydrogens is 424 g/mol. The number of carboxylic acids is 1. The average Bonchev–Trinajstić information content (AvgIpc) is 3.29. The molecule has 0 spiro atoms. The normalized spacial score (nSPS) is 13.0. The number of nitrogens with one attached hydrogen (secondary N) is 2. The molecular formula is C24H24N4O5. The molecule has 0 unspecified atom stereocenters. The van der Waals surface area contributed by atoms with Crippen LogP contribution in [0.25, 0.3) is 11.1 Å². The minimum Gasteiger partial charge on any atom is -0.481 e. The molecule has 2 aromatic carbocycles. The summed E-state index contributed by atoms with van der Waals surface area (Å²) in [6.45, 7) is 1.71. The van der Waals surface area contributed by atoms with Gasteiger partial charge < -0.3 is 15.2 Å². The molecule has 9 heteroatoms. The maximum atomic E-state index is 12.6. The molecule has 1 aliphatic carbocycles. The highest BCUT2D eigenvalue weighted by Crippen LogP contribution is 2.44. The lowest BCUT2D eigenvalue weighted by atomic mass is 9.98. The first-order valence-corrected chi connectivity index (χ1v) is 10.5. The van der Waals surface area contributed by atoms with Gasteiger partial charge in [0.05, 0.1) is 12.1 Å². The van der Waals surface area contributed by atoms with E-state index in [0.717, 1.165) is 22.3 Å². The van der Waals surface area contributed by atoms with Gasteiger partial charge in [-0.05, 0) is 29.2 Å². The topological polar surface area (TPSA) is 123 Å². The van der Waals surface area contributed by atoms with Crippen LogP contribution in [0.5, 0.6) is 0 Å². The van der Waals surface area contributed by atoms with Crippen LogP contribution in [0.2, 0.25) is 0 Å². The summed E-state index contributed by atoms with van der Waals surface area (Å²) in [4.78, 5) is 35.9. The number of amides is 2. The lowest BCUT2D eigenvalue weighted by Crippen LogP contribution is -2.35. The minimum absolute atomic E-state index is 0.0248. The van der Waals surface area contributed by atoms with E-state index in [-0.39, 0.29) is 30.3 Å². The molecule has 9 nitrogen and oxygen atoms in total. The molecule has 1 heterocycles. The molecule has 0 saturated heterocycles. The standard InChI is InChI=1S/C24H24N4O5/c1-14(11-21(29)30)25-23(31)22-20(12-28(2)27-22)26-24(32)33-13-19-17-9-5-3-7-15(17)16-8-4-6-10-18(16)19/h3-10,12,14,19H,11,13H2,1-2H3,(H,25,31)(H,26,32)(H,29,30)/t14-/m1/s1. The highest BCUT2D eigenvalue weighted by atomic mass is 16.5. The zero-order chi connectivity index (χ0) is 23.5. The third-order valence-electron chi connectivity index (χ3n) is 5.48. The van der Waals surface area contributed by atoms with Gasteiger partial charge in [0.15, 0.2) is 5.69 Å². The number of anilines is 1. The van der Waals surface area contributed by atoms with Gasteiger partial charge >= 0.3 is 12.1 Å². The number of aryl methyl sites for hydroxylation is 1. The summed E-state index contributed by atoms with van der Waals surface area (Å²) in [5.41, 5.74) is 4.60. The molecule has 1 aliphatic rings. The van der Waals surface area contributed by atoms with Crippen LogP contribution in [-0.4, -0.2) is 45.5 Å². The minimum atomic E-state index is -1.03. The second-order valence-corrected chi connectivity index (χ2v) is 7.99. The zero-order valence-electron chi connectivity index (χ0n) is 18.2. The van der Waals surface area contributed by atoms with Crippen LogP contribution in [0.3, 0.4) is 0 Å². The molecule has 0 saturated carbocycles. The van der Waals surface area contributed by atoms with Gasteiger partial charge in [0.2, 0.25) is 0 Å². The largest absolute Gasteiger partial charge is 0.481 e. The Morgan fingerprint density at radius 3 is 2.30 bits per heavy atom. The van der Waals surface area contributed by atoms with Crippen LogP contribution >= 0.6 is 0 Å². The molecule has 3 aromatic rings. The zero-order valence-corrected chi connectivity index (χ0v) is 18.2. The predicted molar refractivity (Wildman–Crippen MR) is 121 cm³/mol. The van der Waals surface area contributed by atoms with Crippen molar-refractivity contribution in [3.8, 4) is 11.1 Å². The maximum absolute atomic E-state index is 12.6. The van der Waals surface area contributed by atoms with E-state index >= 15 is 0 Å². The average molecular weight is 448 g/mol. The van der Waals surface area contributed by atoms with Crippen molar-refractivity contribution in [2.45, 2.75) is 25.3 Å². The van der Waals surface area contributed by atoms with E-state index in [4.69, 9.17) is 9.84 Å². The lowest BCUT2D eigenvalue weighted by Gasteiger charge is -2.15. The van der Waals surface area contributed by atoms with Gasteiger partial charge in [-0.15, -0.1) is 0 Å².